The van der Waals surface area contributed by atoms with Crippen molar-refractivity contribution < 1.29 is 4.92 Å². The lowest BCUT2D eigenvalue weighted by Crippen LogP contribution is -2.42. The summed E-state index contributed by atoms with van der Waals surface area (Å²) in [4.78, 5) is 14.5. The van der Waals surface area contributed by atoms with Crippen LogP contribution in [0.15, 0.2) is 29.3 Å². The van der Waals surface area contributed by atoms with Gasteiger partial charge in [-0.25, -0.2) is 0 Å². The smallest absolute Gasteiger partial charge is 0.269 e. The fourth-order valence-corrected chi connectivity index (χ4v) is 2.07. The number of non-ortho nitro benzene ring substituents is 1. The van der Waals surface area contributed by atoms with Crippen LogP contribution >= 0.6 is 0 Å². The zero-order valence-corrected chi connectivity index (χ0v) is 14.7. The highest BCUT2D eigenvalue weighted by Crippen LogP contribution is 2.21. The first-order chi connectivity index (χ1) is 10.7. The van der Waals surface area contributed by atoms with Crippen LogP contribution in [0.4, 0.5) is 5.69 Å². The summed E-state index contributed by atoms with van der Waals surface area (Å²) in [5, 5.41) is 17.2. The molecular weight excluding hydrogens is 292 g/mol. The molecule has 0 heterocycles. The van der Waals surface area contributed by atoms with E-state index >= 15 is 0 Å². The Morgan fingerprint density at radius 2 is 1.91 bits per heavy atom. The van der Waals surface area contributed by atoms with Crippen LogP contribution in [-0.2, 0) is 6.54 Å². The summed E-state index contributed by atoms with van der Waals surface area (Å²) < 4.78 is 0. The van der Waals surface area contributed by atoms with E-state index in [1.807, 2.05) is 0 Å². The Hall–Kier alpha value is -2.11. The molecule has 1 atom stereocenters. The van der Waals surface area contributed by atoms with Gasteiger partial charge in [-0.1, -0.05) is 32.9 Å². The van der Waals surface area contributed by atoms with E-state index < -0.39 is 4.92 Å². The molecule has 0 amide bonds. The molecule has 128 valence electrons. The van der Waals surface area contributed by atoms with Crippen molar-refractivity contribution in [3.05, 3.63) is 39.9 Å². The molecular formula is C17H28N4O2. The summed E-state index contributed by atoms with van der Waals surface area (Å²) in [6.07, 6.45) is 2.21. The minimum Gasteiger partial charge on any atom is -0.354 e. The maximum atomic E-state index is 10.6. The molecule has 0 radical (unpaired) electrons. The van der Waals surface area contributed by atoms with Gasteiger partial charge in [0.2, 0.25) is 0 Å². The normalized spacial score (nSPS) is 13.5. The molecule has 0 bridgehead atoms. The predicted molar refractivity (Wildman–Crippen MR) is 94.6 cm³/mol. The molecule has 0 saturated carbocycles. The van der Waals surface area contributed by atoms with Crippen molar-refractivity contribution in [2.45, 2.75) is 53.1 Å². The Kier molecular flexibility index (Phi) is 7.00. The van der Waals surface area contributed by atoms with Gasteiger partial charge >= 0.3 is 0 Å². The number of hydrogen-bond acceptors (Lipinski definition) is 3. The van der Waals surface area contributed by atoms with Crippen LogP contribution in [0.5, 0.6) is 0 Å². The third kappa shape index (κ3) is 7.63. The maximum Gasteiger partial charge on any atom is 0.269 e. The molecule has 0 saturated heterocycles. The lowest BCUT2D eigenvalue weighted by Gasteiger charge is -2.23. The van der Waals surface area contributed by atoms with Gasteiger partial charge in [-0.05, 0) is 30.7 Å². The summed E-state index contributed by atoms with van der Waals surface area (Å²) in [6, 6.07) is 6.86. The Labute approximate surface area is 138 Å². The number of rotatable bonds is 6. The molecule has 6 heteroatoms. The fraction of sp³-hybridized carbons (Fsp3) is 0.588. The summed E-state index contributed by atoms with van der Waals surface area (Å²) in [7, 11) is 1.74. The molecule has 0 fully saturated rings. The van der Waals surface area contributed by atoms with Gasteiger partial charge in [0.15, 0.2) is 5.96 Å². The SMILES string of the molecule is CN=C(NCc1ccc([N+](=O)[O-])cc1)NC(C)CCC(C)(C)C. The second-order valence-corrected chi connectivity index (χ2v) is 6.99. The van der Waals surface area contributed by atoms with Crippen LogP contribution < -0.4 is 10.6 Å². The summed E-state index contributed by atoms with van der Waals surface area (Å²) in [5.74, 6) is 0.741. The van der Waals surface area contributed by atoms with E-state index in [1.165, 1.54) is 12.1 Å². The molecule has 2 N–H and O–H groups in total. The van der Waals surface area contributed by atoms with Gasteiger partial charge in [0.25, 0.3) is 5.69 Å². The highest BCUT2D eigenvalue weighted by molar-refractivity contribution is 5.79. The molecule has 0 aliphatic carbocycles. The minimum atomic E-state index is -0.394. The average molecular weight is 320 g/mol. The van der Waals surface area contributed by atoms with Crippen molar-refractivity contribution in [3.63, 3.8) is 0 Å². The topological polar surface area (TPSA) is 79.6 Å². The summed E-state index contributed by atoms with van der Waals surface area (Å²) in [5.41, 5.74) is 1.40. The summed E-state index contributed by atoms with van der Waals surface area (Å²) in [6.45, 7) is 9.43. The van der Waals surface area contributed by atoms with Gasteiger partial charge in [0.05, 0.1) is 4.92 Å². The first kappa shape index (κ1) is 18.9. The zero-order chi connectivity index (χ0) is 17.5. The molecule has 1 aromatic rings. The number of hydrogen-bond donors (Lipinski definition) is 2. The predicted octanol–water partition coefficient (Wildman–Crippen LogP) is 3.47. The third-order valence-electron chi connectivity index (χ3n) is 3.54. The van der Waals surface area contributed by atoms with Gasteiger partial charge in [-0.3, -0.25) is 15.1 Å². The van der Waals surface area contributed by atoms with Gasteiger partial charge in [0, 0.05) is 31.8 Å². The minimum absolute atomic E-state index is 0.104. The Morgan fingerprint density at radius 3 is 2.39 bits per heavy atom. The van der Waals surface area contributed by atoms with Gasteiger partial charge in [0.1, 0.15) is 0 Å². The number of nitro groups is 1. The van der Waals surface area contributed by atoms with Crippen molar-refractivity contribution in [3.8, 4) is 0 Å². The number of nitrogens with one attached hydrogen (secondary N) is 2. The van der Waals surface area contributed by atoms with E-state index in [0.717, 1.165) is 24.4 Å². The first-order valence-corrected chi connectivity index (χ1v) is 7.92. The standard InChI is InChI=1S/C17H28N4O2/c1-13(10-11-17(2,3)4)20-16(18-5)19-12-14-6-8-15(9-7-14)21(22)23/h6-9,13H,10-12H2,1-5H3,(H2,18,19,20). The Morgan fingerprint density at radius 1 is 1.30 bits per heavy atom. The largest absolute Gasteiger partial charge is 0.354 e. The molecule has 0 aliphatic rings. The van der Waals surface area contributed by atoms with E-state index in [4.69, 9.17) is 0 Å². The van der Waals surface area contributed by atoms with Crippen LogP contribution in [0.1, 0.15) is 46.1 Å². The monoisotopic (exact) mass is 320 g/mol. The maximum absolute atomic E-state index is 10.6. The number of guanidine groups is 1. The molecule has 0 aliphatic heterocycles. The highest BCUT2D eigenvalue weighted by Gasteiger charge is 2.13. The molecule has 0 spiro atoms. The first-order valence-electron chi connectivity index (χ1n) is 7.92. The van der Waals surface area contributed by atoms with Gasteiger partial charge in [-0.15, -0.1) is 0 Å². The van der Waals surface area contributed by atoms with Gasteiger partial charge < -0.3 is 10.6 Å². The number of benzene rings is 1. The second-order valence-electron chi connectivity index (χ2n) is 6.99. The lowest BCUT2D eigenvalue weighted by atomic mass is 9.89. The molecule has 1 aromatic carbocycles. The van der Waals surface area contributed by atoms with Crippen molar-refractivity contribution in [2.75, 3.05) is 7.05 Å². The van der Waals surface area contributed by atoms with E-state index in [0.29, 0.717) is 18.0 Å². The Bertz CT molecular complexity index is 533. The van der Waals surface area contributed by atoms with Crippen molar-refractivity contribution in [1.82, 2.24) is 10.6 Å². The molecule has 6 nitrogen and oxygen atoms in total. The molecule has 0 aromatic heterocycles. The average Bonchev–Trinajstić information content (AvgIpc) is 2.49. The van der Waals surface area contributed by atoms with Crippen molar-refractivity contribution in [1.29, 1.82) is 0 Å². The van der Waals surface area contributed by atoms with E-state index in [9.17, 15) is 10.1 Å². The number of aliphatic imine (C=N–C) groups is 1. The van der Waals surface area contributed by atoms with Crippen LogP contribution in [0.2, 0.25) is 0 Å². The van der Waals surface area contributed by atoms with Gasteiger partial charge in [-0.2, -0.15) is 0 Å². The van der Waals surface area contributed by atoms with Crippen LogP contribution in [0.3, 0.4) is 0 Å². The Balaban J connectivity index is 2.46. The fourth-order valence-electron chi connectivity index (χ4n) is 2.07. The summed E-state index contributed by atoms with van der Waals surface area (Å²) >= 11 is 0. The molecule has 1 unspecified atom stereocenters. The third-order valence-corrected chi connectivity index (χ3v) is 3.54. The molecule has 23 heavy (non-hydrogen) atoms. The zero-order valence-electron chi connectivity index (χ0n) is 14.7. The van der Waals surface area contributed by atoms with Crippen molar-refractivity contribution >= 4 is 11.6 Å². The van der Waals surface area contributed by atoms with E-state index in [-0.39, 0.29) is 5.69 Å². The van der Waals surface area contributed by atoms with Crippen LogP contribution in [-0.4, -0.2) is 24.0 Å². The molecule has 1 rings (SSSR count). The number of nitrogens with zero attached hydrogens (tertiary/aromatic N) is 2. The van der Waals surface area contributed by atoms with Crippen LogP contribution in [0, 0.1) is 15.5 Å². The van der Waals surface area contributed by atoms with Crippen LogP contribution in [0.25, 0.3) is 0 Å². The van der Waals surface area contributed by atoms with E-state index in [1.54, 1.807) is 19.2 Å². The second kappa shape index (κ2) is 8.50. The quantitative estimate of drug-likeness (QED) is 0.364. The number of nitro benzene ring substituents is 1. The lowest BCUT2D eigenvalue weighted by molar-refractivity contribution is -0.384. The van der Waals surface area contributed by atoms with E-state index in [2.05, 4.69) is 43.3 Å². The van der Waals surface area contributed by atoms with Crippen molar-refractivity contribution in [2.24, 2.45) is 10.4 Å². The highest BCUT2D eigenvalue weighted by atomic mass is 16.6.